The van der Waals surface area contributed by atoms with Gasteiger partial charge < -0.3 is 9.73 Å². The van der Waals surface area contributed by atoms with Gasteiger partial charge in [0.2, 0.25) is 0 Å². The van der Waals surface area contributed by atoms with Crippen LogP contribution in [0.25, 0.3) is 11.0 Å². The first-order valence-electron chi connectivity index (χ1n) is 6.71. The molecule has 3 aromatic rings. The molecule has 0 bridgehead atoms. The van der Waals surface area contributed by atoms with Crippen molar-refractivity contribution in [3.63, 3.8) is 0 Å². The highest BCUT2D eigenvalue weighted by atomic mass is 79.9. The highest BCUT2D eigenvalue weighted by Gasteiger charge is 2.16. The molecule has 0 amide bonds. The summed E-state index contributed by atoms with van der Waals surface area (Å²) < 4.78 is 7.14. The smallest absolute Gasteiger partial charge is 0.134 e. The second-order valence-corrected chi connectivity index (χ2v) is 6.64. The Labute approximate surface area is 130 Å². The zero-order valence-electron chi connectivity index (χ0n) is 11.2. The number of fused-ring (bicyclic) bond motifs is 1. The third-order valence-electron chi connectivity index (χ3n) is 3.27. The van der Waals surface area contributed by atoms with Gasteiger partial charge in [0.15, 0.2) is 0 Å². The molecule has 0 fully saturated rings. The Hall–Kier alpha value is -1.10. The Morgan fingerprint density at radius 3 is 2.85 bits per heavy atom. The number of benzene rings is 1. The van der Waals surface area contributed by atoms with Gasteiger partial charge in [-0.3, -0.25) is 0 Å². The molecule has 0 saturated heterocycles. The van der Waals surface area contributed by atoms with Crippen LogP contribution in [0.15, 0.2) is 50.7 Å². The molecular weight excluding hydrogens is 334 g/mol. The van der Waals surface area contributed by atoms with Gasteiger partial charge in [0.25, 0.3) is 0 Å². The summed E-state index contributed by atoms with van der Waals surface area (Å²) in [5, 5.41) is 6.80. The summed E-state index contributed by atoms with van der Waals surface area (Å²) in [7, 11) is 0. The Balaban J connectivity index is 1.89. The van der Waals surface area contributed by atoms with Crippen LogP contribution < -0.4 is 5.32 Å². The third-order valence-corrected chi connectivity index (χ3v) is 4.99. The molecule has 0 aliphatic rings. The maximum absolute atomic E-state index is 5.99. The quantitative estimate of drug-likeness (QED) is 0.688. The first kappa shape index (κ1) is 13.9. The molecule has 2 heterocycles. The predicted molar refractivity (Wildman–Crippen MR) is 88.4 cm³/mol. The molecule has 2 nitrogen and oxygen atoms in total. The van der Waals surface area contributed by atoms with Crippen molar-refractivity contribution in [1.29, 1.82) is 0 Å². The molecule has 1 unspecified atom stereocenters. The number of furan rings is 1. The maximum atomic E-state index is 5.99. The highest BCUT2D eigenvalue weighted by Crippen LogP contribution is 2.29. The molecule has 0 spiro atoms. The molecule has 104 valence electrons. The average molecular weight is 350 g/mol. The van der Waals surface area contributed by atoms with Crippen molar-refractivity contribution < 1.29 is 4.42 Å². The van der Waals surface area contributed by atoms with Gasteiger partial charge in [-0.1, -0.05) is 25.1 Å². The van der Waals surface area contributed by atoms with Gasteiger partial charge in [-0.15, -0.1) is 11.3 Å². The fourth-order valence-electron chi connectivity index (χ4n) is 2.36. The predicted octanol–water partition coefficient (Wildman–Crippen LogP) is 5.15. The summed E-state index contributed by atoms with van der Waals surface area (Å²) in [6.07, 6.45) is 0.948. The number of likely N-dealkylation sites (N-methyl/N-ethyl adjacent to an activating group) is 1. The Morgan fingerprint density at radius 1 is 1.30 bits per heavy atom. The molecule has 0 radical (unpaired) electrons. The molecule has 3 rings (SSSR count). The van der Waals surface area contributed by atoms with Gasteiger partial charge in [-0.2, -0.15) is 0 Å². The molecule has 0 aliphatic carbocycles. The first-order chi connectivity index (χ1) is 9.76. The largest absolute Gasteiger partial charge is 0.459 e. The Kier molecular flexibility index (Phi) is 4.24. The zero-order chi connectivity index (χ0) is 13.9. The van der Waals surface area contributed by atoms with Crippen molar-refractivity contribution in [2.45, 2.75) is 19.4 Å². The lowest BCUT2D eigenvalue weighted by Crippen LogP contribution is -2.22. The molecule has 2 aromatic heterocycles. The number of hydrogen-bond donors (Lipinski definition) is 1. The monoisotopic (exact) mass is 349 g/mol. The van der Waals surface area contributed by atoms with Crippen molar-refractivity contribution in [3.8, 4) is 0 Å². The van der Waals surface area contributed by atoms with Gasteiger partial charge in [0, 0.05) is 26.5 Å². The van der Waals surface area contributed by atoms with Crippen LogP contribution in [0.5, 0.6) is 0 Å². The summed E-state index contributed by atoms with van der Waals surface area (Å²) in [6.45, 7) is 3.05. The van der Waals surface area contributed by atoms with Gasteiger partial charge in [0.1, 0.15) is 11.3 Å². The van der Waals surface area contributed by atoms with Crippen molar-refractivity contribution in [2.24, 2.45) is 0 Å². The molecule has 0 saturated carbocycles. The van der Waals surface area contributed by atoms with Crippen LogP contribution in [0.4, 0.5) is 0 Å². The van der Waals surface area contributed by atoms with Crippen molar-refractivity contribution >= 4 is 38.2 Å². The molecular formula is C16H16BrNOS. The van der Waals surface area contributed by atoms with Crippen LogP contribution in [0, 0.1) is 0 Å². The number of hydrogen-bond acceptors (Lipinski definition) is 3. The van der Waals surface area contributed by atoms with E-state index in [1.54, 1.807) is 11.3 Å². The SMILES string of the molecule is CCNC(Cc1cc(Br)cs1)c1cc2ccccc2o1. The zero-order valence-corrected chi connectivity index (χ0v) is 13.6. The number of thiophene rings is 1. The third kappa shape index (κ3) is 2.97. The molecule has 20 heavy (non-hydrogen) atoms. The molecule has 0 aliphatic heterocycles. The van der Waals surface area contributed by atoms with E-state index in [-0.39, 0.29) is 6.04 Å². The van der Waals surface area contributed by atoms with E-state index in [0.717, 1.165) is 34.2 Å². The summed E-state index contributed by atoms with van der Waals surface area (Å²) >= 11 is 5.29. The van der Waals surface area contributed by atoms with Crippen LogP contribution in [0.1, 0.15) is 23.6 Å². The van der Waals surface area contributed by atoms with E-state index < -0.39 is 0 Å². The summed E-state index contributed by atoms with van der Waals surface area (Å²) in [6, 6.07) is 12.7. The van der Waals surface area contributed by atoms with E-state index in [4.69, 9.17) is 4.42 Å². The normalized spacial score (nSPS) is 12.9. The number of nitrogens with one attached hydrogen (secondary N) is 1. The van der Waals surface area contributed by atoms with Crippen LogP contribution >= 0.6 is 27.3 Å². The van der Waals surface area contributed by atoms with Crippen molar-refractivity contribution in [1.82, 2.24) is 5.32 Å². The lowest BCUT2D eigenvalue weighted by Gasteiger charge is -2.14. The Morgan fingerprint density at radius 2 is 2.15 bits per heavy atom. The minimum atomic E-state index is 0.220. The van der Waals surface area contributed by atoms with Crippen LogP contribution in [-0.4, -0.2) is 6.54 Å². The summed E-state index contributed by atoms with van der Waals surface area (Å²) in [4.78, 5) is 1.35. The van der Waals surface area contributed by atoms with Gasteiger partial charge in [-0.25, -0.2) is 0 Å². The first-order valence-corrected chi connectivity index (χ1v) is 8.38. The second-order valence-electron chi connectivity index (χ2n) is 4.73. The van der Waals surface area contributed by atoms with Crippen molar-refractivity contribution in [3.05, 3.63) is 56.9 Å². The Bertz CT molecular complexity index is 670. The minimum absolute atomic E-state index is 0.220. The number of para-hydroxylation sites is 1. The molecule has 1 aromatic carbocycles. The molecule has 1 N–H and O–H groups in total. The van der Waals surface area contributed by atoms with Crippen LogP contribution in [0.3, 0.4) is 0 Å². The fourth-order valence-corrected chi connectivity index (χ4v) is 3.85. The van der Waals surface area contributed by atoms with E-state index in [2.05, 4.69) is 51.7 Å². The van der Waals surface area contributed by atoms with Gasteiger partial charge >= 0.3 is 0 Å². The van der Waals surface area contributed by atoms with Gasteiger partial charge in [0.05, 0.1) is 6.04 Å². The fraction of sp³-hybridized carbons (Fsp3) is 0.250. The molecule has 1 atom stereocenters. The number of halogens is 1. The maximum Gasteiger partial charge on any atom is 0.134 e. The van der Waals surface area contributed by atoms with E-state index in [1.165, 1.54) is 4.88 Å². The van der Waals surface area contributed by atoms with E-state index in [9.17, 15) is 0 Å². The summed E-state index contributed by atoms with van der Waals surface area (Å²) in [5.41, 5.74) is 0.956. The average Bonchev–Trinajstić information content (AvgIpc) is 3.04. The van der Waals surface area contributed by atoms with Gasteiger partial charge in [-0.05, 0) is 40.7 Å². The number of rotatable bonds is 5. The topological polar surface area (TPSA) is 25.2 Å². The molecule has 4 heteroatoms. The lowest BCUT2D eigenvalue weighted by atomic mass is 10.1. The highest BCUT2D eigenvalue weighted by molar-refractivity contribution is 9.10. The van der Waals surface area contributed by atoms with Crippen LogP contribution in [-0.2, 0) is 6.42 Å². The second kappa shape index (κ2) is 6.12. The van der Waals surface area contributed by atoms with E-state index in [0.29, 0.717) is 0 Å². The van der Waals surface area contributed by atoms with E-state index in [1.807, 2.05) is 18.2 Å². The standard InChI is InChI=1S/C16H16BrNOS/c1-2-18-14(9-13-8-12(17)10-20-13)16-7-11-5-3-4-6-15(11)19-16/h3-8,10,14,18H,2,9H2,1H3. The van der Waals surface area contributed by atoms with Crippen LogP contribution in [0.2, 0.25) is 0 Å². The summed E-state index contributed by atoms with van der Waals surface area (Å²) in [5.74, 6) is 1.01. The van der Waals surface area contributed by atoms with Crippen molar-refractivity contribution in [2.75, 3.05) is 6.54 Å². The van der Waals surface area contributed by atoms with E-state index >= 15 is 0 Å². The lowest BCUT2D eigenvalue weighted by molar-refractivity contribution is 0.436. The minimum Gasteiger partial charge on any atom is -0.459 e.